The summed E-state index contributed by atoms with van der Waals surface area (Å²) in [5.41, 5.74) is 0. The molecule has 0 aliphatic heterocycles. The van der Waals surface area contributed by atoms with Gasteiger partial charge in [-0.15, -0.1) is 0 Å². The summed E-state index contributed by atoms with van der Waals surface area (Å²) in [5, 5.41) is 21.8. The third-order valence-electron chi connectivity index (χ3n) is 8.70. The van der Waals surface area contributed by atoms with E-state index in [1.165, 1.54) is 103 Å². The van der Waals surface area contributed by atoms with Gasteiger partial charge in [0, 0.05) is 13.1 Å². The van der Waals surface area contributed by atoms with E-state index in [2.05, 4.69) is 86.1 Å². The van der Waals surface area contributed by atoms with Crippen LogP contribution in [0.5, 0.6) is 0 Å². The Labute approximate surface area is 346 Å². The van der Waals surface area contributed by atoms with Gasteiger partial charge in [0.1, 0.15) is 0 Å². The van der Waals surface area contributed by atoms with E-state index in [0.717, 1.165) is 77.5 Å². The average Bonchev–Trinajstić information content (AvgIpc) is 3.09. The number of hydrogen-bond acceptors (Lipinski definition) is 6. The summed E-state index contributed by atoms with van der Waals surface area (Å²) < 4.78 is 0. The first-order valence-electron chi connectivity index (χ1n) is 20.8. The van der Waals surface area contributed by atoms with Gasteiger partial charge < -0.3 is 19.8 Å². The minimum Gasteiger partial charge on any atom is -0.549 e. The Morgan fingerprint density at radius 2 is 0.588 bits per heavy atom. The van der Waals surface area contributed by atoms with Crippen molar-refractivity contribution in [2.45, 2.75) is 182 Å². The first kappa shape index (κ1) is 54.4. The molecule has 0 aromatic rings. The van der Waals surface area contributed by atoms with Crippen LogP contribution in [-0.2, 0) is 9.59 Å². The molecule has 0 atom stereocenters. The van der Waals surface area contributed by atoms with E-state index in [0.29, 0.717) is 0 Å². The van der Waals surface area contributed by atoms with Crippen LogP contribution in [0.4, 0.5) is 0 Å². The number of carbonyl (C=O) groups excluding carboxylic acids is 2. The number of carboxylic acid groups (broad SMARTS) is 2. The normalized spacial score (nSPS) is 11.7. The largest absolute Gasteiger partial charge is 2.00 e. The molecular weight excluding hydrogens is 661 g/mol. The zero-order valence-corrected chi connectivity index (χ0v) is 36.3. The van der Waals surface area contributed by atoms with Gasteiger partial charge in [-0.3, -0.25) is 9.80 Å². The van der Waals surface area contributed by atoms with Crippen molar-refractivity contribution in [2.75, 3.05) is 39.3 Å². The minimum absolute atomic E-state index is 0. The monoisotopic (exact) mass is 741 g/mol. The summed E-state index contributed by atoms with van der Waals surface area (Å²) in [6, 6.07) is 0. The Morgan fingerprint density at radius 1 is 0.373 bits per heavy atom. The summed E-state index contributed by atoms with van der Waals surface area (Å²) in [7, 11) is 0. The maximum Gasteiger partial charge on any atom is 2.00 e. The minimum atomic E-state index is -0.950. The van der Waals surface area contributed by atoms with Crippen molar-refractivity contribution in [3.8, 4) is 0 Å². The van der Waals surface area contributed by atoms with Crippen LogP contribution in [0.1, 0.15) is 182 Å². The topological polar surface area (TPSA) is 86.7 Å². The van der Waals surface area contributed by atoms with E-state index in [-0.39, 0.29) is 50.8 Å². The molecule has 0 aliphatic carbocycles. The Bertz CT molecular complexity index is 723. The molecule has 0 heterocycles. The van der Waals surface area contributed by atoms with Gasteiger partial charge in [-0.25, -0.2) is 0 Å². The second kappa shape index (κ2) is 47.1. The van der Waals surface area contributed by atoms with Gasteiger partial charge in [0.15, 0.2) is 0 Å². The molecule has 0 N–H and O–H groups in total. The molecule has 0 unspecified atom stereocenters. The fourth-order valence-corrected chi connectivity index (χ4v) is 5.85. The van der Waals surface area contributed by atoms with Crippen LogP contribution >= 0.6 is 0 Å². The summed E-state index contributed by atoms with van der Waals surface area (Å²) in [6.07, 6.45) is 46.1. The van der Waals surface area contributed by atoms with E-state index in [1.54, 1.807) is 0 Å². The average molecular weight is 741 g/mol. The van der Waals surface area contributed by atoms with Gasteiger partial charge in [0.2, 0.25) is 0 Å². The van der Waals surface area contributed by atoms with Crippen LogP contribution in [0.3, 0.4) is 0 Å². The maximum atomic E-state index is 10.9. The van der Waals surface area contributed by atoms with E-state index in [4.69, 9.17) is 0 Å². The van der Waals surface area contributed by atoms with E-state index in [1.807, 2.05) is 0 Å². The Balaban J connectivity index is -0.000000886. The molecule has 292 valence electrons. The van der Waals surface area contributed by atoms with Crippen molar-refractivity contribution in [3.05, 3.63) is 48.6 Å². The van der Waals surface area contributed by atoms with Gasteiger partial charge in [-0.05, 0) is 129 Å². The number of carboxylic acids is 2. The van der Waals surface area contributed by atoms with Crippen molar-refractivity contribution in [2.24, 2.45) is 0 Å². The molecule has 0 bridgehead atoms. The Hall–Kier alpha value is -0.920. The standard InChI is InChI=1S/2C22H41NO2.Ca/c2*1-3-5-7-9-11-13-15-17-19-23(21-22(24)25)20-18-16-14-12-10-8-6-4-2;/h2*5-8H,3-4,9-21H2,1-2H3,(H,24,25);/q;;+2/p-2/b2*7-5+,8-6+;. The Kier molecular flexibility index (Phi) is 50.3. The van der Waals surface area contributed by atoms with Crippen molar-refractivity contribution in [1.82, 2.24) is 9.80 Å². The molecule has 0 rings (SSSR count). The van der Waals surface area contributed by atoms with Gasteiger partial charge in [0.25, 0.3) is 0 Å². The number of aliphatic carboxylic acids is 2. The molecular formula is C44H80CaN2O4. The fraction of sp³-hybridized carbons (Fsp3) is 0.773. The molecule has 0 spiro atoms. The van der Waals surface area contributed by atoms with Crippen LogP contribution in [-0.4, -0.2) is 98.7 Å². The first-order chi connectivity index (χ1) is 24.4. The molecule has 0 saturated carbocycles. The summed E-state index contributed by atoms with van der Waals surface area (Å²) >= 11 is 0. The number of hydrogen-bond donors (Lipinski definition) is 0. The van der Waals surface area contributed by atoms with Crippen molar-refractivity contribution in [1.29, 1.82) is 0 Å². The predicted octanol–water partition coefficient (Wildman–Crippen LogP) is 9.36. The summed E-state index contributed by atoms with van der Waals surface area (Å²) in [6.45, 7) is 12.3. The molecule has 0 aliphatic rings. The molecule has 0 aromatic heterocycles. The van der Waals surface area contributed by atoms with Gasteiger partial charge in [-0.1, -0.05) is 128 Å². The third kappa shape index (κ3) is 49.1. The molecule has 7 heteroatoms. The molecule has 0 amide bonds. The van der Waals surface area contributed by atoms with Gasteiger partial charge in [-0.2, -0.15) is 0 Å². The zero-order chi connectivity index (χ0) is 37.2. The van der Waals surface area contributed by atoms with Crippen LogP contribution in [0, 0.1) is 0 Å². The summed E-state index contributed by atoms with van der Waals surface area (Å²) in [4.78, 5) is 25.9. The number of nitrogens with zero attached hydrogens (tertiary/aromatic N) is 2. The number of unbranched alkanes of at least 4 members (excludes halogenated alkanes) is 16. The molecule has 0 aromatic carbocycles. The van der Waals surface area contributed by atoms with Crippen molar-refractivity contribution in [3.63, 3.8) is 0 Å². The predicted molar refractivity (Wildman–Crippen MR) is 219 cm³/mol. The quantitative estimate of drug-likeness (QED) is 0.0362. The molecule has 0 fully saturated rings. The maximum absolute atomic E-state index is 10.9. The first-order valence-corrected chi connectivity index (χ1v) is 20.8. The number of carbonyl (C=O) groups is 2. The van der Waals surface area contributed by atoms with E-state index in [9.17, 15) is 19.8 Å². The zero-order valence-electron chi connectivity index (χ0n) is 34.1. The second-order valence-electron chi connectivity index (χ2n) is 13.6. The van der Waals surface area contributed by atoms with Gasteiger partial charge in [0.05, 0.1) is 11.9 Å². The summed E-state index contributed by atoms with van der Waals surface area (Å²) in [5.74, 6) is -1.90. The molecule has 0 saturated heterocycles. The van der Waals surface area contributed by atoms with Crippen LogP contribution in [0.15, 0.2) is 48.6 Å². The van der Waals surface area contributed by atoms with Crippen LogP contribution in [0.2, 0.25) is 0 Å². The SMILES string of the molecule is CC/C=C/CCCCCCN(CCCCCC/C=C/CC)CC(=O)[O-].CC/C=C/CCCCCCN(CCCCCC/C=C/CC)CC(=O)[O-].[Ca+2]. The van der Waals surface area contributed by atoms with E-state index >= 15 is 0 Å². The number of rotatable bonds is 36. The second-order valence-corrected chi connectivity index (χ2v) is 13.6. The molecule has 6 nitrogen and oxygen atoms in total. The number of allylic oxidation sites excluding steroid dienone is 8. The molecule has 0 radical (unpaired) electrons. The van der Waals surface area contributed by atoms with Crippen molar-refractivity contribution >= 4 is 49.7 Å². The smallest absolute Gasteiger partial charge is 0.549 e. The Morgan fingerprint density at radius 3 is 0.784 bits per heavy atom. The van der Waals surface area contributed by atoms with Crippen LogP contribution < -0.4 is 10.2 Å². The van der Waals surface area contributed by atoms with E-state index < -0.39 is 11.9 Å². The molecule has 51 heavy (non-hydrogen) atoms. The third-order valence-corrected chi connectivity index (χ3v) is 8.70. The van der Waals surface area contributed by atoms with Gasteiger partial charge >= 0.3 is 37.7 Å². The van der Waals surface area contributed by atoms with Crippen LogP contribution in [0.25, 0.3) is 0 Å². The fourth-order valence-electron chi connectivity index (χ4n) is 5.85. The van der Waals surface area contributed by atoms with Crippen molar-refractivity contribution < 1.29 is 19.8 Å².